The predicted molar refractivity (Wildman–Crippen MR) is 26.3 cm³/mol. The van der Waals surface area contributed by atoms with Crippen molar-refractivity contribution in [2.45, 2.75) is 25.0 Å². The molecule has 0 saturated heterocycles. The molecule has 3 heteroatoms. The van der Waals surface area contributed by atoms with Crippen molar-refractivity contribution in [3.63, 3.8) is 0 Å². The average molecular weight is 116 g/mol. The minimum Gasteiger partial charge on any atom is -0.390 e. The van der Waals surface area contributed by atoms with E-state index in [1.807, 2.05) is 0 Å². The molecule has 1 aliphatic carbocycles. The highest BCUT2D eigenvalue weighted by molar-refractivity contribution is 5.81. The first kappa shape index (κ1) is 5.72. The van der Waals surface area contributed by atoms with E-state index < -0.39 is 12.2 Å². The molecule has 1 aliphatic rings. The van der Waals surface area contributed by atoms with Crippen molar-refractivity contribution in [1.29, 1.82) is 0 Å². The van der Waals surface area contributed by atoms with E-state index in [0.717, 1.165) is 0 Å². The highest BCUT2D eigenvalue weighted by atomic mass is 16.3. The molecule has 0 radical (unpaired) electrons. The van der Waals surface area contributed by atoms with Gasteiger partial charge in [0.05, 0.1) is 12.2 Å². The van der Waals surface area contributed by atoms with Gasteiger partial charge in [0.2, 0.25) is 0 Å². The van der Waals surface area contributed by atoms with Crippen LogP contribution in [0.5, 0.6) is 0 Å². The van der Waals surface area contributed by atoms with Gasteiger partial charge in [0.15, 0.2) is 0 Å². The third kappa shape index (κ3) is 0.877. The van der Waals surface area contributed by atoms with Crippen LogP contribution in [0.4, 0.5) is 0 Å². The Kier molecular flexibility index (Phi) is 1.31. The lowest BCUT2D eigenvalue weighted by atomic mass is 10.3. The number of aliphatic hydroxyl groups is 2. The van der Waals surface area contributed by atoms with Crippen LogP contribution in [0.15, 0.2) is 0 Å². The Hall–Kier alpha value is -0.410. The van der Waals surface area contributed by atoms with E-state index in [9.17, 15) is 4.79 Å². The normalized spacial score (nSPS) is 38.5. The zero-order valence-corrected chi connectivity index (χ0v) is 4.37. The first-order chi connectivity index (χ1) is 3.70. The van der Waals surface area contributed by atoms with E-state index in [4.69, 9.17) is 10.2 Å². The van der Waals surface area contributed by atoms with E-state index in [0.29, 0.717) is 0 Å². The van der Waals surface area contributed by atoms with Gasteiger partial charge in [0.1, 0.15) is 5.78 Å². The molecule has 0 aromatic rings. The molecule has 0 bridgehead atoms. The molecule has 0 heterocycles. The quantitative estimate of drug-likeness (QED) is 0.430. The number of aliphatic hydroxyl groups excluding tert-OH is 2. The Bertz CT molecular complexity index is 98.2. The summed E-state index contributed by atoms with van der Waals surface area (Å²) in [5.41, 5.74) is 0. The zero-order chi connectivity index (χ0) is 6.15. The van der Waals surface area contributed by atoms with E-state index in [1.54, 1.807) is 0 Å². The maximum absolute atomic E-state index is 10.3. The second kappa shape index (κ2) is 1.84. The lowest BCUT2D eigenvalue weighted by Crippen LogP contribution is -2.17. The summed E-state index contributed by atoms with van der Waals surface area (Å²) in [5, 5.41) is 17.4. The van der Waals surface area contributed by atoms with E-state index in [2.05, 4.69) is 0 Å². The maximum atomic E-state index is 10.3. The molecule has 0 aromatic heterocycles. The molecule has 1 saturated carbocycles. The van der Waals surface area contributed by atoms with Gasteiger partial charge >= 0.3 is 0 Å². The lowest BCUT2D eigenvalue weighted by Gasteiger charge is -2.01. The fraction of sp³-hybridized carbons (Fsp3) is 0.800. The van der Waals surface area contributed by atoms with Crippen molar-refractivity contribution in [2.75, 3.05) is 0 Å². The van der Waals surface area contributed by atoms with Crippen molar-refractivity contribution in [2.24, 2.45) is 0 Å². The number of carbonyl (C=O) groups is 1. The number of Topliss-reactive ketones (excluding diaryl/α,β-unsaturated/α-hetero) is 1. The Balaban J connectivity index is 2.51. The molecule has 1 rings (SSSR count). The number of ketones is 1. The van der Waals surface area contributed by atoms with Crippen LogP contribution in [0, 0.1) is 0 Å². The monoisotopic (exact) mass is 116 g/mol. The maximum Gasteiger partial charge on any atom is 0.138 e. The van der Waals surface area contributed by atoms with Crippen LogP contribution in [0.1, 0.15) is 12.8 Å². The van der Waals surface area contributed by atoms with Crippen molar-refractivity contribution in [3.05, 3.63) is 0 Å². The van der Waals surface area contributed by atoms with Gasteiger partial charge in [-0.2, -0.15) is 0 Å². The summed E-state index contributed by atoms with van der Waals surface area (Å²) < 4.78 is 0. The molecule has 1 fully saturated rings. The number of hydrogen-bond acceptors (Lipinski definition) is 3. The highest BCUT2D eigenvalue weighted by Crippen LogP contribution is 2.14. The standard InChI is InChI=1S/C5H8O3/c6-3-1-4(7)5(8)2-3/h4-5,7-8H,1-2H2/t4-,5-/m1/s1. The summed E-state index contributed by atoms with van der Waals surface area (Å²) in [6.45, 7) is 0. The van der Waals surface area contributed by atoms with Gasteiger partial charge < -0.3 is 10.2 Å². The molecule has 0 spiro atoms. The van der Waals surface area contributed by atoms with Crippen LogP contribution < -0.4 is 0 Å². The average Bonchev–Trinajstić information content (AvgIpc) is 1.85. The van der Waals surface area contributed by atoms with E-state index in [-0.39, 0.29) is 18.6 Å². The van der Waals surface area contributed by atoms with E-state index in [1.165, 1.54) is 0 Å². The van der Waals surface area contributed by atoms with Crippen molar-refractivity contribution in [3.8, 4) is 0 Å². The van der Waals surface area contributed by atoms with E-state index >= 15 is 0 Å². The van der Waals surface area contributed by atoms with Crippen LogP contribution in [0.25, 0.3) is 0 Å². The van der Waals surface area contributed by atoms with Crippen LogP contribution in [-0.2, 0) is 4.79 Å². The zero-order valence-electron chi connectivity index (χ0n) is 4.37. The van der Waals surface area contributed by atoms with Crippen molar-refractivity contribution >= 4 is 5.78 Å². The predicted octanol–water partition coefficient (Wildman–Crippen LogP) is -0.929. The topological polar surface area (TPSA) is 57.5 Å². The van der Waals surface area contributed by atoms with Crippen LogP contribution in [-0.4, -0.2) is 28.2 Å². The Morgan fingerprint density at radius 2 is 1.62 bits per heavy atom. The minimum absolute atomic E-state index is 0.0509. The Morgan fingerprint density at radius 3 is 1.75 bits per heavy atom. The summed E-state index contributed by atoms with van der Waals surface area (Å²) in [6, 6.07) is 0. The molecule has 0 unspecified atom stereocenters. The smallest absolute Gasteiger partial charge is 0.138 e. The first-order valence-electron chi connectivity index (χ1n) is 2.58. The second-order valence-electron chi connectivity index (χ2n) is 2.08. The Labute approximate surface area is 46.9 Å². The van der Waals surface area contributed by atoms with Gasteiger partial charge in [-0.25, -0.2) is 0 Å². The van der Waals surface area contributed by atoms with Gasteiger partial charge in [0, 0.05) is 12.8 Å². The van der Waals surface area contributed by atoms with Gasteiger partial charge in [-0.3, -0.25) is 4.79 Å². The fourth-order valence-corrected chi connectivity index (χ4v) is 0.822. The highest BCUT2D eigenvalue weighted by Gasteiger charge is 2.28. The molecule has 2 N–H and O–H groups in total. The van der Waals surface area contributed by atoms with Crippen LogP contribution in [0.2, 0.25) is 0 Å². The number of carbonyl (C=O) groups excluding carboxylic acids is 1. The summed E-state index contributed by atoms with van der Waals surface area (Å²) in [6.07, 6.45) is -1.35. The molecule has 46 valence electrons. The minimum atomic E-state index is -0.803. The molecule has 8 heavy (non-hydrogen) atoms. The van der Waals surface area contributed by atoms with Crippen molar-refractivity contribution in [1.82, 2.24) is 0 Å². The fourth-order valence-electron chi connectivity index (χ4n) is 0.822. The van der Waals surface area contributed by atoms with Crippen molar-refractivity contribution < 1.29 is 15.0 Å². The summed E-state index contributed by atoms with van der Waals surface area (Å²) in [7, 11) is 0. The van der Waals surface area contributed by atoms with Gasteiger partial charge in [-0.1, -0.05) is 0 Å². The Morgan fingerprint density at radius 1 is 1.25 bits per heavy atom. The third-order valence-electron chi connectivity index (χ3n) is 1.32. The summed E-state index contributed by atoms with van der Waals surface area (Å²) >= 11 is 0. The molecular weight excluding hydrogens is 108 g/mol. The van der Waals surface area contributed by atoms with Gasteiger partial charge in [-0.15, -0.1) is 0 Å². The van der Waals surface area contributed by atoms with Crippen LogP contribution >= 0.6 is 0 Å². The summed E-state index contributed by atoms with van der Waals surface area (Å²) in [5.74, 6) is -0.0509. The number of rotatable bonds is 0. The molecule has 3 nitrogen and oxygen atoms in total. The first-order valence-corrected chi connectivity index (χ1v) is 2.58. The van der Waals surface area contributed by atoms with Crippen LogP contribution in [0.3, 0.4) is 0 Å². The lowest BCUT2D eigenvalue weighted by molar-refractivity contribution is -0.118. The third-order valence-corrected chi connectivity index (χ3v) is 1.32. The summed E-state index contributed by atoms with van der Waals surface area (Å²) in [4.78, 5) is 10.3. The molecule has 0 aliphatic heterocycles. The van der Waals surface area contributed by atoms with Gasteiger partial charge in [-0.05, 0) is 0 Å². The SMILES string of the molecule is O=C1C[C@@H](O)[C@H](O)C1. The number of hydrogen-bond donors (Lipinski definition) is 2. The molecule has 2 atom stereocenters. The second-order valence-corrected chi connectivity index (χ2v) is 2.08. The molecule has 0 aromatic carbocycles. The molecule has 0 amide bonds. The molecular formula is C5H8O3. The van der Waals surface area contributed by atoms with Gasteiger partial charge in [0.25, 0.3) is 0 Å². The largest absolute Gasteiger partial charge is 0.390 e.